The summed E-state index contributed by atoms with van der Waals surface area (Å²) >= 11 is 0. The summed E-state index contributed by atoms with van der Waals surface area (Å²) in [6.07, 6.45) is 0.0355. The van der Waals surface area contributed by atoms with Gasteiger partial charge in [-0.25, -0.2) is 0 Å². The quantitative estimate of drug-likeness (QED) is 0.593. The number of amides is 1. The number of carbonyl (C=O) groups is 1. The van der Waals surface area contributed by atoms with E-state index in [4.69, 9.17) is 9.47 Å². The van der Waals surface area contributed by atoms with Crippen molar-refractivity contribution >= 4 is 5.91 Å². The SMILES string of the molecule is COC(C)C1CNC(=O)CO1. The first-order valence-corrected chi connectivity index (χ1v) is 3.65. The monoisotopic (exact) mass is 159 g/mol. The van der Waals surface area contributed by atoms with Crippen molar-refractivity contribution < 1.29 is 14.3 Å². The molecular formula is C7H13NO3. The van der Waals surface area contributed by atoms with Crippen LogP contribution in [0.5, 0.6) is 0 Å². The van der Waals surface area contributed by atoms with E-state index in [1.807, 2.05) is 6.92 Å². The highest BCUT2D eigenvalue weighted by molar-refractivity contribution is 5.77. The predicted octanol–water partition coefficient (Wildman–Crippen LogP) is -0.464. The molecule has 1 amide bonds. The van der Waals surface area contributed by atoms with E-state index < -0.39 is 0 Å². The van der Waals surface area contributed by atoms with Crippen LogP contribution < -0.4 is 5.32 Å². The largest absolute Gasteiger partial charge is 0.379 e. The molecule has 2 atom stereocenters. The molecule has 11 heavy (non-hydrogen) atoms. The zero-order valence-electron chi connectivity index (χ0n) is 6.79. The molecule has 1 aliphatic rings. The smallest absolute Gasteiger partial charge is 0.246 e. The molecule has 0 aromatic carbocycles. The molecule has 1 saturated heterocycles. The minimum Gasteiger partial charge on any atom is -0.379 e. The van der Waals surface area contributed by atoms with Crippen molar-refractivity contribution in [1.82, 2.24) is 5.32 Å². The van der Waals surface area contributed by atoms with Gasteiger partial charge in [0, 0.05) is 13.7 Å². The Bertz CT molecular complexity index is 139. The van der Waals surface area contributed by atoms with Gasteiger partial charge in [0.25, 0.3) is 0 Å². The number of hydrogen-bond donors (Lipinski definition) is 1. The molecule has 1 rings (SSSR count). The van der Waals surface area contributed by atoms with E-state index in [1.165, 1.54) is 0 Å². The molecule has 1 aliphatic heterocycles. The lowest BCUT2D eigenvalue weighted by atomic mass is 10.2. The van der Waals surface area contributed by atoms with Gasteiger partial charge >= 0.3 is 0 Å². The molecule has 2 unspecified atom stereocenters. The molecule has 0 spiro atoms. The molecule has 1 fully saturated rings. The number of morpholine rings is 1. The number of methoxy groups -OCH3 is 1. The van der Waals surface area contributed by atoms with Crippen LogP contribution in [0, 0.1) is 0 Å². The van der Waals surface area contributed by atoms with Gasteiger partial charge in [0.15, 0.2) is 0 Å². The fourth-order valence-electron chi connectivity index (χ4n) is 0.960. The number of rotatable bonds is 2. The highest BCUT2D eigenvalue weighted by atomic mass is 16.5. The standard InChI is InChI=1S/C7H13NO3/c1-5(10-2)6-3-8-7(9)4-11-6/h5-6H,3-4H2,1-2H3,(H,8,9). The van der Waals surface area contributed by atoms with Crippen LogP contribution in [0.25, 0.3) is 0 Å². The average molecular weight is 159 g/mol. The minimum atomic E-state index is -0.0513. The van der Waals surface area contributed by atoms with Gasteiger partial charge < -0.3 is 14.8 Å². The van der Waals surface area contributed by atoms with Gasteiger partial charge in [-0.2, -0.15) is 0 Å². The Morgan fingerprint density at radius 3 is 3.00 bits per heavy atom. The highest BCUT2D eigenvalue weighted by Gasteiger charge is 2.23. The molecule has 64 valence electrons. The van der Waals surface area contributed by atoms with E-state index in [0.29, 0.717) is 6.54 Å². The first kappa shape index (κ1) is 8.49. The van der Waals surface area contributed by atoms with Crippen LogP contribution in [0.1, 0.15) is 6.92 Å². The molecule has 0 bridgehead atoms. The second-order valence-corrected chi connectivity index (χ2v) is 2.59. The zero-order chi connectivity index (χ0) is 8.27. The molecular weight excluding hydrogens is 146 g/mol. The third kappa shape index (κ3) is 2.17. The van der Waals surface area contributed by atoms with Gasteiger partial charge in [0.2, 0.25) is 5.91 Å². The summed E-state index contributed by atoms with van der Waals surface area (Å²) in [5.74, 6) is -0.0513. The van der Waals surface area contributed by atoms with E-state index in [1.54, 1.807) is 7.11 Å². The van der Waals surface area contributed by atoms with Crippen LogP contribution >= 0.6 is 0 Å². The summed E-state index contributed by atoms with van der Waals surface area (Å²) in [6.45, 7) is 2.62. The van der Waals surface area contributed by atoms with Crippen molar-refractivity contribution in [1.29, 1.82) is 0 Å². The lowest BCUT2D eigenvalue weighted by molar-refractivity contribution is -0.138. The van der Waals surface area contributed by atoms with Crippen LogP contribution in [0.2, 0.25) is 0 Å². The van der Waals surface area contributed by atoms with Crippen molar-refractivity contribution in [2.24, 2.45) is 0 Å². The Morgan fingerprint density at radius 2 is 2.55 bits per heavy atom. The Kier molecular flexibility index (Phi) is 2.84. The number of carbonyl (C=O) groups excluding carboxylic acids is 1. The van der Waals surface area contributed by atoms with Crippen molar-refractivity contribution in [2.45, 2.75) is 19.1 Å². The van der Waals surface area contributed by atoms with Gasteiger partial charge in [0.05, 0.1) is 6.10 Å². The molecule has 0 aromatic heterocycles. The minimum absolute atomic E-state index is 0.00213. The third-order valence-corrected chi connectivity index (χ3v) is 1.82. The van der Waals surface area contributed by atoms with Crippen LogP contribution in [0.15, 0.2) is 0 Å². The first-order chi connectivity index (χ1) is 5.24. The van der Waals surface area contributed by atoms with Crippen LogP contribution in [0.4, 0.5) is 0 Å². The third-order valence-electron chi connectivity index (χ3n) is 1.82. The van der Waals surface area contributed by atoms with Crippen molar-refractivity contribution in [2.75, 3.05) is 20.3 Å². The summed E-state index contributed by atoms with van der Waals surface area (Å²) in [4.78, 5) is 10.6. The maximum absolute atomic E-state index is 10.6. The van der Waals surface area contributed by atoms with Gasteiger partial charge in [-0.15, -0.1) is 0 Å². The molecule has 0 saturated carbocycles. The molecule has 0 aliphatic carbocycles. The average Bonchev–Trinajstić information content (AvgIpc) is 2.05. The van der Waals surface area contributed by atoms with Crippen molar-refractivity contribution in [3.63, 3.8) is 0 Å². The number of hydrogen-bond acceptors (Lipinski definition) is 3. The van der Waals surface area contributed by atoms with Crippen molar-refractivity contribution in [3.8, 4) is 0 Å². The first-order valence-electron chi connectivity index (χ1n) is 3.65. The highest BCUT2D eigenvalue weighted by Crippen LogP contribution is 2.04. The lowest BCUT2D eigenvalue weighted by Crippen LogP contribution is -2.47. The van der Waals surface area contributed by atoms with E-state index in [2.05, 4.69) is 5.32 Å². The summed E-state index contributed by atoms with van der Waals surface area (Å²) < 4.78 is 10.3. The van der Waals surface area contributed by atoms with Crippen LogP contribution in [-0.2, 0) is 14.3 Å². The Balaban J connectivity index is 2.32. The van der Waals surface area contributed by atoms with E-state index in [-0.39, 0.29) is 24.7 Å². The van der Waals surface area contributed by atoms with E-state index >= 15 is 0 Å². The maximum atomic E-state index is 10.6. The van der Waals surface area contributed by atoms with Gasteiger partial charge in [-0.05, 0) is 6.92 Å². The van der Waals surface area contributed by atoms with Gasteiger partial charge in [0.1, 0.15) is 12.7 Å². The summed E-state index contributed by atoms with van der Waals surface area (Å²) in [6, 6.07) is 0. The second kappa shape index (κ2) is 3.69. The Morgan fingerprint density at radius 1 is 1.82 bits per heavy atom. The molecule has 4 nitrogen and oxygen atoms in total. The number of nitrogens with one attached hydrogen (secondary N) is 1. The van der Waals surface area contributed by atoms with E-state index in [9.17, 15) is 4.79 Å². The fourth-order valence-corrected chi connectivity index (χ4v) is 0.960. The van der Waals surface area contributed by atoms with Gasteiger partial charge in [-0.3, -0.25) is 4.79 Å². The van der Waals surface area contributed by atoms with E-state index in [0.717, 1.165) is 0 Å². The molecule has 0 aromatic rings. The van der Waals surface area contributed by atoms with Crippen molar-refractivity contribution in [3.05, 3.63) is 0 Å². The summed E-state index contributed by atoms with van der Waals surface area (Å²) in [7, 11) is 1.63. The second-order valence-electron chi connectivity index (χ2n) is 2.59. The molecule has 1 N–H and O–H groups in total. The number of ether oxygens (including phenoxy) is 2. The van der Waals surface area contributed by atoms with Crippen LogP contribution in [0.3, 0.4) is 0 Å². The van der Waals surface area contributed by atoms with Gasteiger partial charge in [-0.1, -0.05) is 0 Å². The molecule has 4 heteroatoms. The summed E-state index contributed by atoms with van der Waals surface area (Å²) in [5.41, 5.74) is 0. The van der Waals surface area contributed by atoms with Crippen LogP contribution in [-0.4, -0.2) is 38.4 Å². The lowest BCUT2D eigenvalue weighted by Gasteiger charge is -2.27. The Labute approximate surface area is 65.9 Å². The normalized spacial score (nSPS) is 27.8. The predicted molar refractivity (Wildman–Crippen MR) is 39.2 cm³/mol. The molecule has 1 heterocycles. The molecule has 0 radical (unpaired) electrons. The fraction of sp³-hybridized carbons (Fsp3) is 0.857. The topological polar surface area (TPSA) is 47.6 Å². The zero-order valence-corrected chi connectivity index (χ0v) is 6.79. The maximum Gasteiger partial charge on any atom is 0.246 e. The summed E-state index contributed by atoms with van der Waals surface area (Å²) in [5, 5.41) is 2.70. The Hall–Kier alpha value is -0.610.